The highest BCUT2D eigenvalue weighted by molar-refractivity contribution is 6.19. The lowest BCUT2D eigenvalue weighted by Gasteiger charge is -2.10. The molecule has 8 rings (SSSR count). The lowest BCUT2D eigenvalue weighted by Crippen LogP contribution is -1.95. The Bertz CT molecular complexity index is 2330. The number of furan rings is 1. The van der Waals surface area contributed by atoms with Gasteiger partial charge in [-0.25, -0.2) is 14.8 Å². The van der Waals surface area contributed by atoms with E-state index in [0.29, 0.717) is 11.5 Å². The topological polar surface area (TPSA) is 43.3 Å². The molecule has 0 N–H and O–H groups in total. The van der Waals surface area contributed by atoms with Crippen LogP contribution in [0.5, 0.6) is 0 Å². The maximum atomic E-state index is 7.32. The van der Waals surface area contributed by atoms with E-state index < -0.39 is 0 Å². The van der Waals surface area contributed by atoms with Crippen LogP contribution in [0.1, 0.15) is 0 Å². The van der Waals surface area contributed by atoms with Gasteiger partial charge in [0.1, 0.15) is 11.2 Å². The quantitative estimate of drug-likeness (QED) is 0.205. The summed E-state index contributed by atoms with van der Waals surface area (Å²) in [5, 5.41) is 4.33. The summed E-state index contributed by atoms with van der Waals surface area (Å²) >= 11 is 0. The van der Waals surface area contributed by atoms with Gasteiger partial charge >= 0.3 is 0 Å². The summed E-state index contributed by atoms with van der Waals surface area (Å²) in [5.74, 6) is 0.630. The first-order valence-corrected chi connectivity index (χ1v) is 14.1. The summed E-state index contributed by atoms with van der Waals surface area (Å²) in [6.07, 6.45) is 0. The van der Waals surface area contributed by atoms with Gasteiger partial charge in [-0.05, 0) is 52.4 Å². The summed E-state index contributed by atoms with van der Waals surface area (Å²) in [4.78, 5) is 13.6. The highest BCUT2D eigenvalue weighted by Crippen LogP contribution is 2.41. The molecule has 0 saturated heterocycles. The van der Waals surface area contributed by atoms with Gasteiger partial charge in [-0.3, -0.25) is 0 Å². The molecule has 0 aliphatic carbocycles. The van der Waals surface area contributed by atoms with E-state index in [9.17, 15) is 0 Å². The van der Waals surface area contributed by atoms with Crippen LogP contribution in [0.15, 0.2) is 144 Å². The maximum absolute atomic E-state index is 7.32. The van der Waals surface area contributed by atoms with Crippen molar-refractivity contribution < 1.29 is 4.42 Å². The monoisotopic (exact) mass is 549 g/mol. The van der Waals surface area contributed by atoms with Crippen LogP contribution < -0.4 is 0 Å². The minimum absolute atomic E-state index is 0.598. The third kappa shape index (κ3) is 4.32. The van der Waals surface area contributed by atoms with Crippen molar-refractivity contribution in [3.05, 3.63) is 151 Å². The highest BCUT2D eigenvalue weighted by atomic mass is 16.3. The van der Waals surface area contributed by atoms with Gasteiger partial charge in [-0.15, -0.1) is 0 Å². The lowest BCUT2D eigenvalue weighted by molar-refractivity contribution is 0.672. The molecule has 8 aromatic rings. The van der Waals surface area contributed by atoms with Gasteiger partial charge in [0.25, 0.3) is 0 Å². The van der Waals surface area contributed by atoms with Gasteiger partial charge in [-0.1, -0.05) is 109 Å². The van der Waals surface area contributed by atoms with E-state index in [1.54, 1.807) is 0 Å². The molecule has 0 saturated carbocycles. The number of aromatic nitrogens is 2. The molecule has 6 aromatic carbocycles. The molecule has 0 unspecified atom stereocenters. The van der Waals surface area contributed by atoms with Gasteiger partial charge in [0.2, 0.25) is 0 Å². The molecule has 0 fully saturated rings. The molecule has 0 atom stereocenters. The average Bonchev–Trinajstić information content (AvgIpc) is 3.47. The van der Waals surface area contributed by atoms with Crippen molar-refractivity contribution in [1.29, 1.82) is 0 Å². The molecular formula is C39H23N3O. The first-order chi connectivity index (χ1) is 21.2. The van der Waals surface area contributed by atoms with E-state index in [-0.39, 0.29) is 0 Å². The van der Waals surface area contributed by atoms with E-state index in [0.717, 1.165) is 60.8 Å². The minimum Gasteiger partial charge on any atom is -0.455 e. The molecule has 0 radical (unpaired) electrons. The van der Waals surface area contributed by atoms with Crippen LogP contribution in [0.2, 0.25) is 0 Å². The van der Waals surface area contributed by atoms with Crippen LogP contribution in [0.4, 0.5) is 5.69 Å². The maximum Gasteiger partial charge on any atom is 0.187 e. The van der Waals surface area contributed by atoms with Crippen LogP contribution in [0, 0.1) is 6.57 Å². The van der Waals surface area contributed by atoms with Crippen LogP contribution in [0.3, 0.4) is 0 Å². The highest BCUT2D eigenvalue weighted by Gasteiger charge is 2.17. The SMILES string of the molecule is [C-]#[N+]c1ccc(-c2cc(-c3ccccc3)nc(-c3ccc4oc5c6ccccc6c(-c6ccccc6)cc5c4c3)n2)cc1. The Kier molecular flexibility index (Phi) is 5.80. The van der Waals surface area contributed by atoms with Crippen molar-refractivity contribution in [3.8, 4) is 45.0 Å². The molecule has 0 amide bonds. The van der Waals surface area contributed by atoms with Crippen molar-refractivity contribution in [2.45, 2.75) is 0 Å². The Morgan fingerprint density at radius 2 is 1.09 bits per heavy atom. The zero-order valence-corrected chi connectivity index (χ0v) is 23.0. The molecule has 0 bridgehead atoms. The molecule has 2 heterocycles. The third-order valence-corrected chi connectivity index (χ3v) is 7.91. The van der Waals surface area contributed by atoms with Gasteiger partial charge in [0.05, 0.1) is 18.0 Å². The Morgan fingerprint density at radius 3 is 1.79 bits per heavy atom. The van der Waals surface area contributed by atoms with E-state index in [1.807, 2.05) is 66.7 Å². The van der Waals surface area contributed by atoms with Crippen LogP contribution in [0.25, 0.3) is 82.6 Å². The first-order valence-electron chi connectivity index (χ1n) is 14.1. The second-order valence-electron chi connectivity index (χ2n) is 10.5. The second kappa shape index (κ2) is 10.1. The van der Waals surface area contributed by atoms with E-state index in [1.165, 1.54) is 11.1 Å². The summed E-state index contributed by atoms with van der Waals surface area (Å²) in [6, 6.07) is 47.0. The number of nitrogens with zero attached hydrogens (tertiary/aromatic N) is 3. The predicted octanol–water partition coefficient (Wildman–Crippen LogP) is 10.7. The lowest BCUT2D eigenvalue weighted by atomic mass is 9.95. The van der Waals surface area contributed by atoms with Crippen molar-refractivity contribution >= 4 is 38.4 Å². The Hall–Kier alpha value is -6.05. The summed E-state index contributed by atoms with van der Waals surface area (Å²) in [7, 11) is 0. The number of benzene rings is 6. The zero-order valence-electron chi connectivity index (χ0n) is 23.0. The van der Waals surface area contributed by atoms with Gasteiger partial charge in [0, 0.05) is 27.3 Å². The molecule has 0 spiro atoms. The average molecular weight is 550 g/mol. The van der Waals surface area contributed by atoms with E-state index in [2.05, 4.69) is 77.6 Å². The molecule has 2 aromatic heterocycles. The first kappa shape index (κ1) is 24.7. The van der Waals surface area contributed by atoms with Crippen molar-refractivity contribution in [3.63, 3.8) is 0 Å². The van der Waals surface area contributed by atoms with Crippen LogP contribution in [-0.4, -0.2) is 9.97 Å². The second-order valence-corrected chi connectivity index (χ2v) is 10.5. The summed E-state index contributed by atoms with van der Waals surface area (Å²) in [5.41, 5.74) is 9.12. The largest absolute Gasteiger partial charge is 0.455 e. The Labute approximate surface area is 248 Å². The number of hydrogen-bond acceptors (Lipinski definition) is 3. The van der Waals surface area contributed by atoms with Gasteiger partial charge in [-0.2, -0.15) is 0 Å². The Morgan fingerprint density at radius 1 is 0.488 bits per heavy atom. The number of hydrogen-bond donors (Lipinski definition) is 0. The third-order valence-electron chi connectivity index (χ3n) is 7.91. The molecule has 0 aliphatic rings. The Balaban J connectivity index is 1.35. The normalized spacial score (nSPS) is 11.2. The molecule has 0 aliphatic heterocycles. The predicted molar refractivity (Wildman–Crippen MR) is 175 cm³/mol. The molecule has 43 heavy (non-hydrogen) atoms. The molecule has 4 nitrogen and oxygen atoms in total. The van der Waals surface area contributed by atoms with E-state index in [4.69, 9.17) is 21.0 Å². The fraction of sp³-hybridized carbons (Fsp3) is 0. The fourth-order valence-electron chi connectivity index (χ4n) is 5.78. The minimum atomic E-state index is 0.598. The summed E-state index contributed by atoms with van der Waals surface area (Å²) in [6.45, 7) is 7.32. The van der Waals surface area contributed by atoms with Crippen molar-refractivity contribution in [2.75, 3.05) is 0 Å². The number of rotatable bonds is 4. The molecule has 200 valence electrons. The zero-order chi connectivity index (χ0) is 28.8. The smallest absolute Gasteiger partial charge is 0.187 e. The van der Waals surface area contributed by atoms with Crippen LogP contribution >= 0.6 is 0 Å². The summed E-state index contributed by atoms with van der Waals surface area (Å²) < 4.78 is 6.49. The van der Waals surface area contributed by atoms with Gasteiger partial charge < -0.3 is 4.42 Å². The van der Waals surface area contributed by atoms with Gasteiger partial charge in [0.15, 0.2) is 11.5 Å². The molecular weight excluding hydrogens is 526 g/mol. The molecule has 4 heteroatoms. The fourth-order valence-corrected chi connectivity index (χ4v) is 5.78. The van der Waals surface area contributed by atoms with E-state index >= 15 is 0 Å². The standard InChI is InChI=1S/C39H23N3O/c1-40-29-19-16-27(17-20-29)36-24-35(26-12-6-3-7-13-26)41-39(42-36)28-18-21-37-33(22-28)34-23-32(25-10-4-2-5-11-25)30-14-8-9-15-31(30)38(34)43-37/h2-24H. The number of fused-ring (bicyclic) bond motifs is 5. The van der Waals surface area contributed by atoms with Crippen molar-refractivity contribution in [2.24, 2.45) is 0 Å². The van der Waals surface area contributed by atoms with Crippen molar-refractivity contribution in [1.82, 2.24) is 9.97 Å². The van der Waals surface area contributed by atoms with Crippen LogP contribution in [-0.2, 0) is 0 Å².